The summed E-state index contributed by atoms with van der Waals surface area (Å²) in [6.45, 7) is 11.9. The Hall–Kier alpha value is -0.870. The third-order valence-corrected chi connectivity index (χ3v) is 4.81. The van der Waals surface area contributed by atoms with Crippen LogP contribution in [0.5, 0.6) is 0 Å². The van der Waals surface area contributed by atoms with E-state index in [-0.39, 0.29) is 5.60 Å². The Morgan fingerprint density at radius 1 is 1.29 bits per heavy atom. The van der Waals surface area contributed by atoms with Crippen molar-refractivity contribution in [1.82, 2.24) is 15.1 Å². The minimum atomic E-state index is -0.115. The zero-order valence-corrected chi connectivity index (χ0v) is 14.6. The number of nitrogens with one attached hydrogen (secondary N) is 1. The summed E-state index contributed by atoms with van der Waals surface area (Å²) in [6.07, 6.45) is 6.11. The van der Waals surface area contributed by atoms with Gasteiger partial charge in [0, 0.05) is 31.8 Å². The van der Waals surface area contributed by atoms with E-state index in [0.29, 0.717) is 12.1 Å². The Morgan fingerprint density at radius 3 is 2.43 bits per heavy atom. The van der Waals surface area contributed by atoms with Gasteiger partial charge in [0.2, 0.25) is 0 Å². The molecule has 1 aromatic rings. The molecule has 0 aliphatic carbocycles. The number of nitrogens with zero attached hydrogens (tertiary/aromatic N) is 2. The molecule has 0 aliphatic rings. The van der Waals surface area contributed by atoms with Crippen LogP contribution in [0.4, 0.5) is 0 Å². The van der Waals surface area contributed by atoms with E-state index < -0.39 is 0 Å². The maximum absolute atomic E-state index is 5.90. The Morgan fingerprint density at radius 2 is 1.95 bits per heavy atom. The fraction of sp³-hybridized carbons (Fsp3) is 0.824. The molecule has 0 fully saturated rings. The van der Waals surface area contributed by atoms with E-state index >= 15 is 0 Å². The van der Waals surface area contributed by atoms with Crippen LogP contribution in [0.25, 0.3) is 0 Å². The average Bonchev–Trinajstić information content (AvgIpc) is 2.97. The third-order valence-electron chi connectivity index (χ3n) is 4.81. The number of likely N-dealkylation sites (N-methyl/N-ethyl adjacent to an activating group) is 1. The van der Waals surface area contributed by atoms with Gasteiger partial charge in [0.25, 0.3) is 0 Å². The third kappa shape index (κ3) is 4.30. The summed E-state index contributed by atoms with van der Waals surface area (Å²) in [5.74, 6) is 0. The molecule has 0 saturated heterocycles. The van der Waals surface area contributed by atoms with Crippen LogP contribution in [-0.2, 0) is 11.2 Å². The summed E-state index contributed by atoms with van der Waals surface area (Å²) in [6, 6.07) is 2.89. The summed E-state index contributed by atoms with van der Waals surface area (Å²) in [5, 5.41) is 8.34. The van der Waals surface area contributed by atoms with Gasteiger partial charge in [-0.25, -0.2) is 0 Å². The molecule has 4 nitrogen and oxygen atoms in total. The highest BCUT2D eigenvalue weighted by atomic mass is 16.5. The molecule has 0 aromatic carbocycles. The second kappa shape index (κ2) is 8.54. The maximum Gasteiger partial charge on any atom is 0.0829 e. The molecule has 0 saturated carbocycles. The van der Waals surface area contributed by atoms with Crippen molar-refractivity contribution in [2.75, 3.05) is 13.7 Å². The van der Waals surface area contributed by atoms with E-state index in [1.165, 1.54) is 0 Å². The van der Waals surface area contributed by atoms with Gasteiger partial charge in [0.05, 0.1) is 11.3 Å². The standard InChI is InChI=1S/C17H33N3O/c1-7-14(5)20-12-11-15(19-20)13-16(18-10-4)17(8-2,9-3)21-6/h11-12,14,16,18H,7-10,13H2,1-6H3. The molecule has 4 heteroatoms. The van der Waals surface area contributed by atoms with Crippen LogP contribution >= 0.6 is 0 Å². The number of hydrogen-bond acceptors (Lipinski definition) is 3. The number of methoxy groups -OCH3 is 1. The average molecular weight is 295 g/mol. The van der Waals surface area contributed by atoms with Gasteiger partial charge in [-0.1, -0.05) is 27.7 Å². The number of aromatic nitrogens is 2. The van der Waals surface area contributed by atoms with E-state index in [2.05, 4.69) is 56.9 Å². The van der Waals surface area contributed by atoms with Crippen molar-refractivity contribution in [2.24, 2.45) is 0 Å². The normalized spacial score (nSPS) is 15.1. The maximum atomic E-state index is 5.90. The predicted molar refractivity (Wildman–Crippen MR) is 88.7 cm³/mol. The lowest BCUT2D eigenvalue weighted by molar-refractivity contribution is -0.0471. The highest BCUT2D eigenvalue weighted by molar-refractivity contribution is 5.06. The van der Waals surface area contributed by atoms with E-state index in [4.69, 9.17) is 9.84 Å². The highest BCUT2D eigenvalue weighted by Crippen LogP contribution is 2.26. The fourth-order valence-electron chi connectivity index (χ4n) is 2.99. The molecule has 21 heavy (non-hydrogen) atoms. The second-order valence-corrected chi connectivity index (χ2v) is 5.83. The predicted octanol–water partition coefficient (Wildman–Crippen LogP) is 3.58. The lowest BCUT2D eigenvalue weighted by Gasteiger charge is -2.38. The van der Waals surface area contributed by atoms with Gasteiger partial charge in [0.15, 0.2) is 0 Å². The first kappa shape index (κ1) is 18.2. The van der Waals surface area contributed by atoms with Gasteiger partial charge in [-0.2, -0.15) is 5.10 Å². The quantitative estimate of drug-likeness (QED) is 0.717. The lowest BCUT2D eigenvalue weighted by atomic mass is 9.85. The molecule has 0 amide bonds. The first-order valence-electron chi connectivity index (χ1n) is 8.39. The first-order chi connectivity index (χ1) is 10.1. The van der Waals surface area contributed by atoms with Crippen LogP contribution < -0.4 is 5.32 Å². The van der Waals surface area contributed by atoms with Gasteiger partial charge in [0.1, 0.15) is 0 Å². The molecular weight excluding hydrogens is 262 g/mol. The summed E-state index contributed by atoms with van der Waals surface area (Å²) in [5.41, 5.74) is 1.03. The Labute approximate surface area is 130 Å². The van der Waals surface area contributed by atoms with Crippen molar-refractivity contribution in [1.29, 1.82) is 0 Å². The number of rotatable bonds is 10. The SMILES string of the molecule is CCNC(Cc1ccn(C(C)CC)n1)C(CC)(CC)OC. The number of hydrogen-bond donors (Lipinski definition) is 1. The van der Waals surface area contributed by atoms with E-state index in [9.17, 15) is 0 Å². The van der Waals surface area contributed by atoms with Crippen LogP contribution in [-0.4, -0.2) is 35.1 Å². The topological polar surface area (TPSA) is 39.1 Å². The Balaban J connectivity index is 2.89. The van der Waals surface area contributed by atoms with Crippen molar-refractivity contribution in [2.45, 2.75) is 78.0 Å². The summed E-state index contributed by atoms with van der Waals surface area (Å²) in [7, 11) is 1.83. The molecule has 0 radical (unpaired) electrons. The van der Waals surface area contributed by atoms with Gasteiger partial charge in [-0.3, -0.25) is 4.68 Å². The first-order valence-corrected chi connectivity index (χ1v) is 8.39. The molecule has 1 rings (SSSR count). The van der Waals surface area contributed by atoms with Crippen LogP contribution in [0.2, 0.25) is 0 Å². The molecule has 0 aliphatic heterocycles. The van der Waals surface area contributed by atoms with Gasteiger partial charge in [-0.05, 0) is 38.8 Å². The van der Waals surface area contributed by atoms with Gasteiger partial charge < -0.3 is 10.1 Å². The summed E-state index contributed by atoms with van der Waals surface area (Å²) in [4.78, 5) is 0. The Bertz CT molecular complexity index is 390. The van der Waals surface area contributed by atoms with Gasteiger partial charge in [-0.15, -0.1) is 0 Å². The summed E-state index contributed by atoms with van der Waals surface area (Å²) >= 11 is 0. The lowest BCUT2D eigenvalue weighted by Crippen LogP contribution is -2.52. The minimum Gasteiger partial charge on any atom is -0.377 e. The van der Waals surface area contributed by atoms with Crippen molar-refractivity contribution >= 4 is 0 Å². The van der Waals surface area contributed by atoms with Crippen molar-refractivity contribution in [3.8, 4) is 0 Å². The minimum absolute atomic E-state index is 0.115. The van der Waals surface area contributed by atoms with Crippen molar-refractivity contribution in [3.63, 3.8) is 0 Å². The van der Waals surface area contributed by atoms with Gasteiger partial charge >= 0.3 is 0 Å². The molecule has 1 N–H and O–H groups in total. The molecule has 1 heterocycles. The van der Waals surface area contributed by atoms with Crippen LogP contribution in [0.15, 0.2) is 12.3 Å². The molecule has 0 bridgehead atoms. The fourth-order valence-corrected chi connectivity index (χ4v) is 2.99. The second-order valence-electron chi connectivity index (χ2n) is 5.83. The van der Waals surface area contributed by atoms with E-state index in [1.54, 1.807) is 0 Å². The molecular formula is C17H33N3O. The molecule has 122 valence electrons. The zero-order valence-electron chi connectivity index (χ0n) is 14.6. The zero-order chi connectivity index (χ0) is 15.9. The van der Waals surface area contributed by atoms with Crippen molar-refractivity contribution < 1.29 is 4.74 Å². The highest BCUT2D eigenvalue weighted by Gasteiger charge is 2.35. The van der Waals surface area contributed by atoms with Crippen molar-refractivity contribution in [3.05, 3.63) is 18.0 Å². The summed E-state index contributed by atoms with van der Waals surface area (Å²) < 4.78 is 7.98. The number of ether oxygens (including phenoxy) is 1. The van der Waals surface area contributed by atoms with E-state index in [1.807, 2.05) is 7.11 Å². The van der Waals surface area contributed by atoms with E-state index in [0.717, 1.165) is 37.9 Å². The smallest absolute Gasteiger partial charge is 0.0829 e. The van der Waals surface area contributed by atoms with Crippen LogP contribution in [0.3, 0.4) is 0 Å². The van der Waals surface area contributed by atoms with Crippen LogP contribution in [0, 0.1) is 0 Å². The molecule has 0 spiro atoms. The molecule has 2 unspecified atom stereocenters. The largest absolute Gasteiger partial charge is 0.377 e. The van der Waals surface area contributed by atoms with Crippen LogP contribution in [0.1, 0.15) is 65.6 Å². The molecule has 1 aromatic heterocycles. The Kier molecular flexibility index (Phi) is 7.40. The monoisotopic (exact) mass is 295 g/mol. The molecule has 2 atom stereocenters.